The summed E-state index contributed by atoms with van der Waals surface area (Å²) in [7, 11) is 1.54. The SMILES string of the molecule is COCCCn1c(O)c(C#N)c(C)c(N=Nc2ccc(Cl)cc2Cl)c1=O. The molecular weight excluding hydrogens is 379 g/mol. The molecule has 1 heterocycles. The number of methoxy groups -OCH3 is 1. The summed E-state index contributed by atoms with van der Waals surface area (Å²) in [4.78, 5) is 12.7. The van der Waals surface area contributed by atoms with Crippen molar-refractivity contribution >= 4 is 34.6 Å². The summed E-state index contributed by atoms with van der Waals surface area (Å²) in [5, 5.41) is 28.2. The molecule has 1 N–H and O–H groups in total. The molecule has 0 unspecified atom stereocenters. The zero-order valence-corrected chi connectivity index (χ0v) is 15.7. The van der Waals surface area contributed by atoms with Gasteiger partial charge in [0, 0.05) is 30.8 Å². The van der Waals surface area contributed by atoms with Gasteiger partial charge in [-0.2, -0.15) is 5.26 Å². The van der Waals surface area contributed by atoms with Crippen LogP contribution < -0.4 is 5.56 Å². The molecule has 0 saturated carbocycles. The number of nitrogens with zero attached hydrogens (tertiary/aromatic N) is 4. The highest BCUT2D eigenvalue weighted by atomic mass is 35.5. The Hall–Kier alpha value is -2.40. The van der Waals surface area contributed by atoms with Crippen LogP contribution in [-0.2, 0) is 11.3 Å². The Balaban J connectivity index is 2.53. The lowest BCUT2D eigenvalue weighted by Crippen LogP contribution is -2.22. The molecule has 0 atom stereocenters. The number of hydrogen-bond acceptors (Lipinski definition) is 6. The third-order valence-electron chi connectivity index (χ3n) is 3.67. The van der Waals surface area contributed by atoms with E-state index in [1.807, 2.05) is 6.07 Å². The van der Waals surface area contributed by atoms with Crippen LogP contribution >= 0.6 is 23.2 Å². The Morgan fingerprint density at radius 3 is 2.69 bits per heavy atom. The normalized spacial score (nSPS) is 11.0. The van der Waals surface area contributed by atoms with Crippen LogP contribution in [0.3, 0.4) is 0 Å². The molecule has 7 nitrogen and oxygen atoms in total. The number of azo groups is 1. The monoisotopic (exact) mass is 394 g/mol. The van der Waals surface area contributed by atoms with Gasteiger partial charge in [0.15, 0.2) is 5.69 Å². The van der Waals surface area contributed by atoms with E-state index in [9.17, 15) is 15.2 Å². The van der Waals surface area contributed by atoms with Crippen LogP contribution in [-0.4, -0.2) is 23.4 Å². The molecular formula is C17H16Cl2N4O3. The summed E-state index contributed by atoms with van der Waals surface area (Å²) in [6.07, 6.45) is 0.484. The maximum Gasteiger partial charge on any atom is 0.281 e. The fraction of sp³-hybridized carbons (Fsp3) is 0.294. The van der Waals surface area contributed by atoms with Crippen molar-refractivity contribution in [2.24, 2.45) is 10.2 Å². The fourth-order valence-electron chi connectivity index (χ4n) is 2.30. The highest BCUT2D eigenvalue weighted by molar-refractivity contribution is 6.36. The van der Waals surface area contributed by atoms with Gasteiger partial charge in [0.25, 0.3) is 5.56 Å². The second-order valence-electron chi connectivity index (χ2n) is 5.38. The van der Waals surface area contributed by atoms with Gasteiger partial charge in [0.05, 0.1) is 5.02 Å². The lowest BCUT2D eigenvalue weighted by molar-refractivity contribution is 0.188. The minimum Gasteiger partial charge on any atom is -0.493 e. The van der Waals surface area contributed by atoms with Crippen molar-refractivity contribution in [1.29, 1.82) is 5.26 Å². The summed E-state index contributed by atoms with van der Waals surface area (Å²) in [6.45, 7) is 2.10. The van der Waals surface area contributed by atoms with Gasteiger partial charge in [-0.3, -0.25) is 9.36 Å². The fourth-order valence-corrected chi connectivity index (χ4v) is 2.74. The molecule has 136 valence electrons. The first kappa shape index (κ1) is 19.9. The number of benzene rings is 1. The minimum atomic E-state index is -0.552. The van der Waals surface area contributed by atoms with Crippen molar-refractivity contribution in [2.75, 3.05) is 13.7 Å². The Morgan fingerprint density at radius 2 is 2.08 bits per heavy atom. The molecule has 1 aromatic heterocycles. The minimum absolute atomic E-state index is 0.0295. The van der Waals surface area contributed by atoms with E-state index in [1.54, 1.807) is 12.1 Å². The van der Waals surface area contributed by atoms with Crippen LogP contribution in [0.25, 0.3) is 0 Å². The molecule has 0 radical (unpaired) electrons. The van der Waals surface area contributed by atoms with Gasteiger partial charge in [-0.1, -0.05) is 23.2 Å². The van der Waals surface area contributed by atoms with Gasteiger partial charge < -0.3 is 9.84 Å². The second-order valence-corrected chi connectivity index (χ2v) is 6.23. The highest BCUT2D eigenvalue weighted by Crippen LogP contribution is 2.31. The Morgan fingerprint density at radius 1 is 1.35 bits per heavy atom. The van der Waals surface area contributed by atoms with Crippen molar-refractivity contribution < 1.29 is 9.84 Å². The quantitative estimate of drug-likeness (QED) is 0.575. The van der Waals surface area contributed by atoms with E-state index < -0.39 is 11.4 Å². The molecule has 0 aliphatic heterocycles. The predicted molar refractivity (Wildman–Crippen MR) is 98.9 cm³/mol. The van der Waals surface area contributed by atoms with Crippen molar-refractivity contribution in [2.45, 2.75) is 19.9 Å². The van der Waals surface area contributed by atoms with Gasteiger partial charge in [-0.05, 0) is 31.5 Å². The second kappa shape index (κ2) is 8.81. The molecule has 9 heteroatoms. The molecule has 2 rings (SSSR count). The van der Waals surface area contributed by atoms with Crippen LogP contribution in [0, 0.1) is 18.3 Å². The number of hydrogen-bond donors (Lipinski definition) is 1. The van der Waals surface area contributed by atoms with Crippen LogP contribution in [0.2, 0.25) is 10.0 Å². The Bertz CT molecular complexity index is 948. The average molecular weight is 395 g/mol. The van der Waals surface area contributed by atoms with Gasteiger partial charge in [-0.15, -0.1) is 10.2 Å². The van der Waals surface area contributed by atoms with Gasteiger partial charge in [-0.25, -0.2) is 0 Å². The summed E-state index contributed by atoms with van der Waals surface area (Å²) < 4.78 is 6.04. The molecule has 2 aromatic rings. The number of ether oxygens (including phenoxy) is 1. The lowest BCUT2D eigenvalue weighted by Gasteiger charge is -2.12. The van der Waals surface area contributed by atoms with E-state index in [4.69, 9.17) is 27.9 Å². The Kier molecular flexibility index (Phi) is 6.75. The standard InChI is InChI=1S/C17H16Cl2N4O3/c1-10-12(9-20)16(24)23(6-3-7-26-2)17(25)15(10)22-21-14-5-4-11(18)8-13(14)19/h4-5,8,24H,3,6-7H2,1-2H3. The number of rotatable bonds is 6. The van der Waals surface area contributed by atoms with E-state index in [2.05, 4.69) is 10.2 Å². The number of aromatic hydroxyl groups is 1. The van der Waals surface area contributed by atoms with Crippen LogP contribution in [0.15, 0.2) is 33.2 Å². The number of halogens is 2. The third kappa shape index (κ3) is 4.22. The van der Waals surface area contributed by atoms with Crippen molar-refractivity contribution in [3.8, 4) is 11.9 Å². The molecule has 0 bridgehead atoms. The topological polar surface area (TPSA) is 100.0 Å². The predicted octanol–water partition coefficient (Wildman–Crippen LogP) is 4.49. The molecule has 1 aromatic carbocycles. The van der Waals surface area contributed by atoms with Crippen molar-refractivity contribution in [1.82, 2.24) is 4.57 Å². The summed E-state index contributed by atoms with van der Waals surface area (Å²) in [6, 6.07) is 6.55. The third-order valence-corrected chi connectivity index (χ3v) is 4.20. The van der Waals surface area contributed by atoms with Crippen LogP contribution in [0.5, 0.6) is 5.88 Å². The van der Waals surface area contributed by atoms with Gasteiger partial charge in [0.2, 0.25) is 5.88 Å². The molecule has 0 spiro atoms. The maximum absolute atomic E-state index is 12.7. The first-order chi connectivity index (χ1) is 12.4. The molecule has 26 heavy (non-hydrogen) atoms. The summed E-state index contributed by atoms with van der Waals surface area (Å²) in [5.41, 5.74) is -0.0518. The Labute approximate surface area is 160 Å². The largest absolute Gasteiger partial charge is 0.493 e. The van der Waals surface area contributed by atoms with Gasteiger partial charge >= 0.3 is 0 Å². The molecule has 0 aliphatic carbocycles. The average Bonchev–Trinajstić information content (AvgIpc) is 2.60. The van der Waals surface area contributed by atoms with E-state index >= 15 is 0 Å². The van der Waals surface area contributed by atoms with Crippen LogP contribution in [0.1, 0.15) is 17.5 Å². The summed E-state index contributed by atoms with van der Waals surface area (Å²) >= 11 is 11.9. The lowest BCUT2D eigenvalue weighted by atomic mass is 10.1. The van der Waals surface area contributed by atoms with E-state index in [0.717, 1.165) is 4.57 Å². The molecule has 0 saturated heterocycles. The smallest absolute Gasteiger partial charge is 0.281 e. The van der Waals surface area contributed by atoms with Gasteiger partial charge in [0.1, 0.15) is 17.3 Å². The van der Waals surface area contributed by atoms with E-state index in [0.29, 0.717) is 23.7 Å². The number of pyridine rings is 1. The number of aromatic nitrogens is 1. The first-order valence-corrected chi connectivity index (χ1v) is 8.38. The van der Waals surface area contributed by atoms with Crippen LogP contribution in [0.4, 0.5) is 11.4 Å². The van der Waals surface area contributed by atoms with E-state index in [1.165, 1.54) is 20.1 Å². The van der Waals surface area contributed by atoms with Crippen molar-refractivity contribution in [3.05, 3.63) is 49.7 Å². The molecule has 0 amide bonds. The molecule has 0 fully saturated rings. The van der Waals surface area contributed by atoms with Crippen molar-refractivity contribution in [3.63, 3.8) is 0 Å². The van der Waals surface area contributed by atoms with E-state index in [-0.39, 0.29) is 28.4 Å². The number of nitriles is 1. The molecule has 0 aliphatic rings. The first-order valence-electron chi connectivity index (χ1n) is 7.62. The zero-order chi connectivity index (χ0) is 19.3. The highest BCUT2D eigenvalue weighted by Gasteiger charge is 2.19. The zero-order valence-electron chi connectivity index (χ0n) is 14.2. The maximum atomic E-state index is 12.7. The summed E-state index contributed by atoms with van der Waals surface area (Å²) in [5.74, 6) is -0.394.